The third-order valence-electron chi connectivity index (χ3n) is 6.34. The van der Waals surface area contributed by atoms with Crippen LogP contribution >= 0.6 is 0 Å². The lowest BCUT2D eigenvalue weighted by molar-refractivity contribution is 0.122. The molecule has 4 aromatic rings. The smallest absolute Gasteiger partial charge is 0.153 e. The van der Waals surface area contributed by atoms with Gasteiger partial charge in [0.15, 0.2) is 5.82 Å². The Morgan fingerprint density at radius 1 is 0.941 bits per heavy atom. The Kier molecular flexibility index (Phi) is 6.85. The van der Waals surface area contributed by atoms with Crippen molar-refractivity contribution in [1.82, 2.24) is 19.8 Å². The highest BCUT2D eigenvalue weighted by atomic mass is 19.1. The fourth-order valence-corrected chi connectivity index (χ4v) is 4.56. The largest absolute Gasteiger partial charge is 0.456 e. The van der Waals surface area contributed by atoms with Crippen molar-refractivity contribution < 1.29 is 9.13 Å². The summed E-state index contributed by atoms with van der Waals surface area (Å²) in [5.74, 6) is 0.723. The normalized spacial score (nSPS) is 16.1. The molecule has 1 fully saturated rings. The Labute approximate surface area is 199 Å². The van der Waals surface area contributed by atoms with Gasteiger partial charge in [-0.3, -0.25) is 9.80 Å². The van der Waals surface area contributed by atoms with E-state index in [1.807, 2.05) is 24.3 Å². The van der Waals surface area contributed by atoms with Gasteiger partial charge in [0.1, 0.15) is 17.1 Å². The minimum Gasteiger partial charge on any atom is -0.456 e. The van der Waals surface area contributed by atoms with Crippen molar-refractivity contribution in [2.45, 2.75) is 19.0 Å². The average molecular weight is 460 g/mol. The van der Waals surface area contributed by atoms with E-state index < -0.39 is 0 Å². The third kappa shape index (κ3) is 5.44. The van der Waals surface area contributed by atoms with Crippen molar-refractivity contribution in [2.75, 3.05) is 32.7 Å². The lowest BCUT2D eigenvalue weighted by Gasteiger charge is -2.36. The molecule has 0 bridgehead atoms. The van der Waals surface area contributed by atoms with E-state index in [2.05, 4.69) is 50.1 Å². The third-order valence-corrected chi connectivity index (χ3v) is 6.34. The molecule has 0 radical (unpaired) electrons. The second-order valence-electron chi connectivity index (χ2n) is 8.94. The van der Waals surface area contributed by atoms with Gasteiger partial charge < -0.3 is 15.5 Å². The standard InChI is InChI=1S/C27H30FN5O/c28-24-17-31-27-26(24)25(10-11-30-27)34-23-8-6-20(7-9-23)16-22(29)19-33-14-12-32(13-15-33)18-21-4-2-1-3-5-21/h1-11,17,22H,12-16,18-19,29H2,(H,30,31)/t22-/m0/s1. The number of nitrogens with two attached hydrogens (primary N) is 1. The van der Waals surface area contributed by atoms with Gasteiger partial charge in [-0.2, -0.15) is 0 Å². The molecule has 0 amide bonds. The van der Waals surface area contributed by atoms with Gasteiger partial charge in [-0.25, -0.2) is 9.37 Å². The molecule has 0 saturated carbocycles. The number of benzene rings is 2. The molecule has 3 N–H and O–H groups in total. The number of hydrogen-bond donors (Lipinski definition) is 2. The molecule has 6 nitrogen and oxygen atoms in total. The Balaban J connectivity index is 1.10. The highest BCUT2D eigenvalue weighted by molar-refractivity contribution is 5.83. The Morgan fingerprint density at radius 2 is 1.68 bits per heavy atom. The van der Waals surface area contributed by atoms with Gasteiger partial charge in [0, 0.05) is 63.8 Å². The maximum Gasteiger partial charge on any atom is 0.153 e. The number of fused-ring (bicyclic) bond motifs is 1. The Hall–Kier alpha value is -3.26. The van der Waals surface area contributed by atoms with Crippen LogP contribution in [0.15, 0.2) is 73.1 Å². The zero-order chi connectivity index (χ0) is 23.3. The van der Waals surface area contributed by atoms with E-state index in [4.69, 9.17) is 10.5 Å². The molecule has 0 unspecified atom stereocenters. The number of nitrogens with zero attached hydrogens (tertiary/aromatic N) is 3. The number of H-pyrrole nitrogens is 1. The summed E-state index contributed by atoms with van der Waals surface area (Å²) in [7, 11) is 0. The average Bonchev–Trinajstić information content (AvgIpc) is 3.24. The van der Waals surface area contributed by atoms with Crippen molar-refractivity contribution in [2.24, 2.45) is 5.73 Å². The number of pyridine rings is 1. The van der Waals surface area contributed by atoms with Gasteiger partial charge in [0.25, 0.3) is 0 Å². The second-order valence-corrected chi connectivity index (χ2v) is 8.94. The Morgan fingerprint density at radius 3 is 2.44 bits per heavy atom. The number of nitrogens with one attached hydrogen (secondary N) is 1. The first-order chi connectivity index (χ1) is 16.6. The minimum atomic E-state index is -0.374. The first kappa shape index (κ1) is 22.5. The van der Waals surface area contributed by atoms with Gasteiger partial charge in [0.2, 0.25) is 0 Å². The molecular weight excluding hydrogens is 429 g/mol. The second kappa shape index (κ2) is 10.3. The highest BCUT2D eigenvalue weighted by Gasteiger charge is 2.19. The molecule has 3 heterocycles. The van der Waals surface area contributed by atoms with Crippen LogP contribution in [0.2, 0.25) is 0 Å². The van der Waals surface area contributed by atoms with E-state index in [0.717, 1.165) is 51.3 Å². The van der Waals surface area contributed by atoms with Crippen LogP contribution in [0.25, 0.3) is 11.0 Å². The van der Waals surface area contributed by atoms with Crippen LogP contribution in [0.1, 0.15) is 11.1 Å². The molecule has 2 aromatic heterocycles. The summed E-state index contributed by atoms with van der Waals surface area (Å²) in [6.45, 7) is 6.12. The summed E-state index contributed by atoms with van der Waals surface area (Å²) in [6.07, 6.45) is 3.69. The zero-order valence-electron chi connectivity index (χ0n) is 19.2. The SMILES string of the molecule is N[C@@H](Cc1ccc(Oc2ccnc3[nH]cc(F)c23)cc1)CN1CCN(Cc2ccccc2)CC1. The highest BCUT2D eigenvalue weighted by Crippen LogP contribution is 2.30. The number of rotatable bonds is 8. The van der Waals surface area contributed by atoms with E-state index in [1.165, 1.54) is 11.8 Å². The summed E-state index contributed by atoms with van der Waals surface area (Å²) >= 11 is 0. The summed E-state index contributed by atoms with van der Waals surface area (Å²) in [6, 6.07) is 20.2. The predicted octanol–water partition coefficient (Wildman–Crippen LogP) is 4.18. The molecule has 2 aromatic carbocycles. The molecule has 5 rings (SSSR count). The van der Waals surface area contributed by atoms with Gasteiger partial charge >= 0.3 is 0 Å². The van der Waals surface area contributed by atoms with E-state index in [9.17, 15) is 4.39 Å². The first-order valence-electron chi connectivity index (χ1n) is 11.8. The Bertz CT molecular complexity index is 1200. The van der Waals surface area contributed by atoms with E-state index >= 15 is 0 Å². The fourth-order valence-electron chi connectivity index (χ4n) is 4.56. The number of piperazine rings is 1. The van der Waals surface area contributed by atoms with Crippen LogP contribution in [0.3, 0.4) is 0 Å². The van der Waals surface area contributed by atoms with Crippen LogP contribution in [0, 0.1) is 5.82 Å². The predicted molar refractivity (Wildman–Crippen MR) is 132 cm³/mol. The molecule has 1 aliphatic heterocycles. The number of aromatic nitrogens is 2. The van der Waals surface area contributed by atoms with Crippen molar-refractivity contribution >= 4 is 11.0 Å². The van der Waals surface area contributed by atoms with Crippen LogP contribution in [0.5, 0.6) is 11.5 Å². The summed E-state index contributed by atoms with van der Waals surface area (Å²) < 4.78 is 20.0. The van der Waals surface area contributed by atoms with E-state index in [1.54, 1.807) is 12.3 Å². The molecule has 1 atom stereocenters. The summed E-state index contributed by atoms with van der Waals surface area (Å²) in [5.41, 5.74) is 9.49. The van der Waals surface area contributed by atoms with Crippen LogP contribution < -0.4 is 10.5 Å². The minimum absolute atomic E-state index is 0.0706. The summed E-state index contributed by atoms with van der Waals surface area (Å²) in [5, 5.41) is 0.359. The van der Waals surface area contributed by atoms with Crippen molar-refractivity contribution in [3.63, 3.8) is 0 Å². The van der Waals surface area contributed by atoms with Crippen LogP contribution in [0.4, 0.5) is 4.39 Å². The lowest BCUT2D eigenvalue weighted by Crippen LogP contribution is -2.49. The number of ether oxygens (including phenoxy) is 1. The molecule has 176 valence electrons. The molecule has 1 saturated heterocycles. The number of aromatic amines is 1. The number of hydrogen-bond acceptors (Lipinski definition) is 5. The fraction of sp³-hybridized carbons (Fsp3) is 0.296. The van der Waals surface area contributed by atoms with E-state index in [0.29, 0.717) is 22.5 Å². The molecule has 0 aliphatic carbocycles. The van der Waals surface area contributed by atoms with Crippen molar-refractivity contribution in [3.05, 3.63) is 90.0 Å². The molecular formula is C27H30FN5O. The van der Waals surface area contributed by atoms with Crippen LogP contribution in [-0.2, 0) is 13.0 Å². The molecule has 0 spiro atoms. The zero-order valence-corrected chi connectivity index (χ0v) is 19.2. The van der Waals surface area contributed by atoms with E-state index in [-0.39, 0.29) is 11.9 Å². The molecule has 1 aliphatic rings. The maximum atomic E-state index is 14.1. The van der Waals surface area contributed by atoms with Gasteiger partial charge in [-0.1, -0.05) is 42.5 Å². The monoisotopic (exact) mass is 459 g/mol. The van der Waals surface area contributed by atoms with Gasteiger partial charge in [0.05, 0.1) is 5.39 Å². The number of halogens is 1. The lowest BCUT2D eigenvalue weighted by atomic mass is 10.1. The summed E-state index contributed by atoms with van der Waals surface area (Å²) in [4.78, 5) is 11.9. The van der Waals surface area contributed by atoms with Crippen molar-refractivity contribution in [1.29, 1.82) is 0 Å². The van der Waals surface area contributed by atoms with Crippen molar-refractivity contribution in [3.8, 4) is 11.5 Å². The topological polar surface area (TPSA) is 70.4 Å². The molecule has 7 heteroatoms. The molecule has 34 heavy (non-hydrogen) atoms. The van der Waals surface area contributed by atoms with Gasteiger partial charge in [-0.15, -0.1) is 0 Å². The maximum absolute atomic E-state index is 14.1. The quantitative estimate of drug-likeness (QED) is 0.414. The van der Waals surface area contributed by atoms with Gasteiger partial charge in [-0.05, 0) is 29.7 Å². The first-order valence-corrected chi connectivity index (χ1v) is 11.8. The van der Waals surface area contributed by atoms with Crippen LogP contribution in [-0.4, -0.2) is 58.5 Å².